The summed E-state index contributed by atoms with van der Waals surface area (Å²) in [5.41, 5.74) is 9.86. The Balaban J connectivity index is 2.28. The van der Waals surface area contributed by atoms with Crippen LogP contribution < -0.4 is 10.6 Å². The maximum atomic E-state index is 12.1. The van der Waals surface area contributed by atoms with Gasteiger partial charge in [0.05, 0.1) is 13.1 Å². The molecule has 0 aromatic heterocycles. The summed E-state index contributed by atoms with van der Waals surface area (Å²) in [6.45, 7) is 4.62. The summed E-state index contributed by atoms with van der Waals surface area (Å²) in [4.78, 5) is 13.8. The largest absolute Gasteiger partial charge is 0.322 e. The van der Waals surface area contributed by atoms with Crippen molar-refractivity contribution in [3.8, 4) is 0 Å². The molecule has 2 aromatic rings. The second kappa shape index (κ2) is 6.35. The second-order valence-electron chi connectivity index (χ2n) is 5.01. The molecular weight excluding hydrogens is 248 g/mol. The van der Waals surface area contributed by atoms with Crippen molar-refractivity contribution in [2.75, 3.05) is 11.4 Å². The second-order valence-corrected chi connectivity index (χ2v) is 5.01. The van der Waals surface area contributed by atoms with Crippen molar-refractivity contribution in [3.05, 3.63) is 65.2 Å². The van der Waals surface area contributed by atoms with Crippen LogP contribution in [0, 0.1) is 13.8 Å². The number of carbonyl (C=O) groups excluding carboxylic acids is 1. The Morgan fingerprint density at radius 2 is 1.75 bits per heavy atom. The number of benzene rings is 2. The van der Waals surface area contributed by atoms with Crippen LogP contribution in [-0.2, 0) is 11.3 Å². The SMILES string of the molecule is Cc1ccc(CN(C(=O)CN)c2cccc(C)c2)cc1. The molecule has 0 aliphatic rings. The summed E-state index contributed by atoms with van der Waals surface area (Å²) in [6.07, 6.45) is 0. The lowest BCUT2D eigenvalue weighted by Crippen LogP contribution is -2.35. The van der Waals surface area contributed by atoms with Crippen LogP contribution in [0.4, 0.5) is 5.69 Å². The van der Waals surface area contributed by atoms with Crippen molar-refractivity contribution < 1.29 is 4.79 Å². The number of nitrogens with zero attached hydrogens (tertiary/aromatic N) is 1. The van der Waals surface area contributed by atoms with Gasteiger partial charge in [0.2, 0.25) is 5.91 Å². The molecule has 0 bridgehead atoms. The standard InChI is InChI=1S/C17H20N2O/c1-13-6-8-15(9-7-13)12-19(17(20)11-18)16-5-3-4-14(2)10-16/h3-10H,11-12,18H2,1-2H3. The molecule has 0 aliphatic heterocycles. The van der Waals surface area contributed by atoms with Gasteiger partial charge in [-0.15, -0.1) is 0 Å². The molecule has 1 amide bonds. The first-order chi connectivity index (χ1) is 9.60. The third-order valence-electron chi connectivity index (χ3n) is 3.25. The van der Waals surface area contributed by atoms with Crippen LogP contribution in [0.2, 0.25) is 0 Å². The van der Waals surface area contributed by atoms with Gasteiger partial charge in [0.15, 0.2) is 0 Å². The monoisotopic (exact) mass is 268 g/mol. The smallest absolute Gasteiger partial charge is 0.241 e. The van der Waals surface area contributed by atoms with E-state index in [1.165, 1.54) is 5.56 Å². The van der Waals surface area contributed by atoms with E-state index in [0.29, 0.717) is 6.54 Å². The zero-order valence-corrected chi connectivity index (χ0v) is 12.0. The first-order valence-corrected chi connectivity index (χ1v) is 6.73. The van der Waals surface area contributed by atoms with Crippen molar-refractivity contribution >= 4 is 11.6 Å². The van der Waals surface area contributed by atoms with Gasteiger partial charge in [0, 0.05) is 5.69 Å². The molecule has 0 saturated carbocycles. The number of anilines is 1. The van der Waals surface area contributed by atoms with Crippen LogP contribution in [-0.4, -0.2) is 12.5 Å². The van der Waals surface area contributed by atoms with E-state index in [-0.39, 0.29) is 12.5 Å². The average Bonchev–Trinajstić information content (AvgIpc) is 2.46. The van der Waals surface area contributed by atoms with E-state index >= 15 is 0 Å². The lowest BCUT2D eigenvalue weighted by molar-refractivity contribution is -0.117. The van der Waals surface area contributed by atoms with Gasteiger partial charge in [-0.2, -0.15) is 0 Å². The fraction of sp³-hybridized carbons (Fsp3) is 0.235. The molecule has 104 valence electrons. The molecule has 0 saturated heterocycles. The molecule has 2 aromatic carbocycles. The summed E-state index contributed by atoms with van der Waals surface area (Å²) in [5, 5.41) is 0. The zero-order valence-electron chi connectivity index (χ0n) is 12.0. The molecule has 0 fully saturated rings. The summed E-state index contributed by atoms with van der Waals surface area (Å²) >= 11 is 0. The third kappa shape index (κ3) is 3.45. The maximum Gasteiger partial charge on any atom is 0.241 e. The molecule has 0 spiro atoms. The molecule has 2 N–H and O–H groups in total. The molecule has 0 unspecified atom stereocenters. The Labute approximate surface area is 120 Å². The van der Waals surface area contributed by atoms with E-state index < -0.39 is 0 Å². The van der Waals surface area contributed by atoms with Gasteiger partial charge in [-0.1, -0.05) is 42.0 Å². The topological polar surface area (TPSA) is 46.3 Å². The minimum absolute atomic E-state index is 0.0137. The Morgan fingerprint density at radius 3 is 2.35 bits per heavy atom. The Morgan fingerprint density at radius 1 is 1.05 bits per heavy atom. The molecule has 0 aliphatic carbocycles. The van der Waals surface area contributed by atoms with Crippen LogP contribution in [0.15, 0.2) is 48.5 Å². The molecule has 3 heteroatoms. The van der Waals surface area contributed by atoms with Crippen LogP contribution in [0.1, 0.15) is 16.7 Å². The summed E-state index contributed by atoms with van der Waals surface area (Å²) in [7, 11) is 0. The number of rotatable bonds is 4. The van der Waals surface area contributed by atoms with Gasteiger partial charge in [-0.05, 0) is 37.1 Å². The first kappa shape index (κ1) is 14.3. The highest BCUT2D eigenvalue weighted by Crippen LogP contribution is 2.19. The predicted octanol–water partition coefficient (Wildman–Crippen LogP) is 2.80. The molecule has 3 nitrogen and oxygen atoms in total. The fourth-order valence-corrected chi connectivity index (χ4v) is 2.11. The van der Waals surface area contributed by atoms with Crippen molar-refractivity contribution in [1.29, 1.82) is 0 Å². The molecule has 0 heterocycles. The molecule has 2 rings (SSSR count). The van der Waals surface area contributed by atoms with E-state index in [4.69, 9.17) is 5.73 Å². The van der Waals surface area contributed by atoms with Crippen molar-refractivity contribution in [2.45, 2.75) is 20.4 Å². The highest BCUT2D eigenvalue weighted by molar-refractivity contribution is 5.94. The van der Waals surface area contributed by atoms with Gasteiger partial charge < -0.3 is 10.6 Å². The molecular formula is C17H20N2O. The summed E-state index contributed by atoms with van der Waals surface area (Å²) in [5.74, 6) is -0.0730. The van der Waals surface area contributed by atoms with Crippen molar-refractivity contribution in [2.24, 2.45) is 5.73 Å². The van der Waals surface area contributed by atoms with E-state index in [1.54, 1.807) is 4.90 Å². The highest BCUT2D eigenvalue weighted by Gasteiger charge is 2.14. The number of hydrogen-bond donors (Lipinski definition) is 1. The number of aryl methyl sites for hydroxylation is 2. The number of carbonyl (C=O) groups is 1. The Kier molecular flexibility index (Phi) is 4.53. The van der Waals surface area contributed by atoms with Gasteiger partial charge >= 0.3 is 0 Å². The van der Waals surface area contributed by atoms with Gasteiger partial charge in [-0.25, -0.2) is 0 Å². The van der Waals surface area contributed by atoms with Crippen LogP contribution in [0.5, 0.6) is 0 Å². The quantitative estimate of drug-likeness (QED) is 0.926. The predicted molar refractivity (Wildman–Crippen MR) is 82.6 cm³/mol. The number of amides is 1. The van der Waals surface area contributed by atoms with Gasteiger partial charge in [0.1, 0.15) is 0 Å². The van der Waals surface area contributed by atoms with Crippen LogP contribution in [0.25, 0.3) is 0 Å². The first-order valence-electron chi connectivity index (χ1n) is 6.73. The van der Waals surface area contributed by atoms with Crippen molar-refractivity contribution in [1.82, 2.24) is 0 Å². The molecule has 0 radical (unpaired) electrons. The highest BCUT2D eigenvalue weighted by atomic mass is 16.2. The van der Waals surface area contributed by atoms with Gasteiger partial charge in [-0.3, -0.25) is 4.79 Å². The number of nitrogens with two attached hydrogens (primary N) is 1. The molecule has 20 heavy (non-hydrogen) atoms. The number of hydrogen-bond acceptors (Lipinski definition) is 2. The molecule has 0 atom stereocenters. The maximum absolute atomic E-state index is 12.1. The minimum atomic E-state index is -0.0730. The van der Waals surface area contributed by atoms with E-state index in [1.807, 2.05) is 50.2 Å². The van der Waals surface area contributed by atoms with Crippen molar-refractivity contribution in [3.63, 3.8) is 0 Å². The average molecular weight is 268 g/mol. The Bertz CT molecular complexity index is 590. The zero-order chi connectivity index (χ0) is 14.5. The summed E-state index contributed by atoms with van der Waals surface area (Å²) in [6, 6.07) is 16.1. The minimum Gasteiger partial charge on any atom is -0.322 e. The summed E-state index contributed by atoms with van der Waals surface area (Å²) < 4.78 is 0. The van der Waals surface area contributed by atoms with E-state index in [2.05, 4.69) is 12.1 Å². The van der Waals surface area contributed by atoms with E-state index in [0.717, 1.165) is 16.8 Å². The van der Waals surface area contributed by atoms with Gasteiger partial charge in [0.25, 0.3) is 0 Å². The van der Waals surface area contributed by atoms with E-state index in [9.17, 15) is 4.79 Å². The normalized spacial score (nSPS) is 10.3. The van der Waals surface area contributed by atoms with Crippen LogP contribution in [0.3, 0.4) is 0 Å². The third-order valence-corrected chi connectivity index (χ3v) is 3.25. The fourth-order valence-electron chi connectivity index (χ4n) is 2.11. The van der Waals surface area contributed by atoms with Crippen LogP contribution >= 0.6 is 0 Å². The lowest BCUT2D eigenvalue weighted by Gasteiger charge is -2.23. The lowest BCUT2D eigenvalue weighted by atomic mass is 10.1. The Hall–Kier alpha value is -2.13.